The third-order valence-electron chi connectivity index (χ3n) is 1.23. The zero-order valence-electron chi connectivity index (χ0n) is 7.38. The molecule has 0 N–H and O–H groups in total. The third-order valence-corrected chi connectivity index (χ3v) is 1.38. The Kier molecular flexibility index (Phi) is 8.57. The van der Waals surface area contributed by atoms with Gasteiger partial charge in [-0.1, -0.05) is 13.3 Å². The van der Waals surface area contributed by atoms with Crippen LogP contribution in [-0.2, 0) is 9.47 Å². The molecule has 2 nitrogen and oxygen atoms in total. The van der Waals surface area contributed by atoms with Crippen LogP contribution < -0.4 is 0 Å². The molecular weight excluding hydrogens is 160 g/mol. The van der Waals surface area contributed by atoms with Crippen LogP contribution in [-0.4, -0.2) is 25.3 Å². The van der Waals surface area contributed by atoms with Crippen LogP contribution in [0.25, 0.3) is 0 Å². The van der Waals surface area contributed by atoms with E-state index in [1.807, 2.05) is 6.92 Å². The van der Waals surface area contributed by atoms with E-state index in [-0.39, 0.29) is 5.44 Å². The van der Waals surface area contributed by atoms with Gasteiger partial charge in [0, 0.05) is 6.61 Å². The maximum Gasteiger partial charge on any atom is 0.0972 e. The average molecular weight is 178 g/mol. The highest BCUT2D eigenvalue weighted by Gasteiger charge is 1.92. The Morgan fingerprint density at radius 1 is 1.27 bits per heavy atom. The lowest BCUT2D eigenvalue weighted by Crippen LogP contribution is -2.08. The van der Waals surface area contributed by atoms with Crippen LogP contribution >= 0.6 is 12.6 Å². The van der Waals surface area contributed by atoms with Crippen LogP contribution in [0.2, 0.25) is 0 Å². The number of rotatable bonds is 7. The van der Waals surface area contributed by atoms with E-state index >= 15 is 0 Å². The minimum atomic E-state index is 0.0183. The Balaban J connectivity index is 2.80. The summed E-state index contributed by atoms with van der Waals surface area (Å²) in [5.74, 6) is 0. The minimum Gasteiger partial charge on any atom is -0.379 e. The molecule has 0 aromatic heterocycles. The lowest BCUT2D eigenvalue weighted by Gasteiger charge is -2.06. The Hall–Kier alpha value is 0.270. The van der Waals surface area contributed by atoms with E-state index in [4.69, 9.17) is 9.47 Å². The first kappa shape index (κ1) is 11.3. The first-order chi connectivity index (χ1) is 5.27. The van der Waals surface area contributed by atoms with Crippen molar-refractivity contribution in [2.24, 2.45) is 0 Å². The summed E-state index contributed by atoms with van der Waals surface area (Å²) < 4.78 is 10.4. The summed E-state index contributed by atoms with van der Waals surface area (Å²) >= 11 is 4.06. The first-order valence-electron chi connectivity index (χ1n) is 4.14. The number of hydrogen-bond donors (Lipinski definition) is 1. The predicted molar refractivity (Wildman–Crippen MR) is 50.1 cm³/mol. The summed E-state index contributed by atoms with van der Waals surface area (Å²) in [7, 11) is 0. The second-order valence-electron chi connectivity index (χ2n) is 2.44. The second-order valence-corrected chi connectivity index (χ2v) is 3.16. The van der Waals surface area contributed by atoms with E-state index in [0.717, 1.165) is 13.0 Å². The van der Waals surface area contributed by atoms with Crippen molar-refractivity contribution >= 4 is 12.6 Å². The van der Waals surface area contributed by atoms with Crippen LogP contribution in [0.3, 0.4) is 0 Å². The fraction of sp³-hybridized carbons (Fsp3) is 1.00. The smallest absolute Gasteiger partial charge is 0.0972 e. The third kappa shape index (κ3) is 10.3. The second kappa shape index (κ2) is 8.37. The van der Waals surface area contributed by atoms with E-state index in [1.165, 1.54) is 6.42 Å². The maximum atomic E-state index is 5.27. The molecule has 3 heteroatoms. The van der Waals surface area contributed by atoms with Crippen LogP contribution in [0, 0.1) is 0 Å². The van der Waals surface area contributed by atoms with E-state index in [2.05, 4.69) is 19.6 Å². The monoisotopic (exact) mass is 178 g/mol. The van der Waals surface area contributed by atoms with Gasteiger partial charge in [0.15, 0.2) is 0 Å². The fourth-order valence-electron chi connectivity index (χ4n) is 0.626. The molecule has 1 unspecified atom stereocenters. The Bertz CT molecular complexity index is 76.5. The summed E-state index contributed by atoms with van der Waals surface area (Å²) in [6.07, 6.45) is 2.32. The van der Waals surface area contributed by atoms with Crippen LogP contribution in [0.1, 0.15) is 26.7 Å². The maximum absolute atomic E-state index is 5.27. The van der Waals surface area contributed by atoms with Gasteiger partial charge >= 0.3 is 0 Å². The summed E-state index contributed by atoms with van der Waals surface area (Å²) in [5, 5.41) is 0. The van der Waals surface area contributed by atoms with Gasteiger partial charge in [-0.3, -0.25) is 0 Å². The van der Waals surface area contributed by atoms with Gasteiger partial charge in [-0.05, 0) is 13.3 Å². The molecule has 0 radical (unpaired) electrons. The molecule has 0 spiro atoms. The molecule has 0 aliphatic rings. The number of unbranched alkanes of at least 4 members (excludes halogenated alkanes) is 1. The van der Waals surface area contributed by atoms with Crippen molar-refractivity contribution in [3.63, 3.8) is 0 Å². The molecule has 0 aromatic carbocycles. The van der Waals surface area contributed by atoms with Gasteiger partial charge in [0.1, 0.15) is 0 Å². The summed E-state index contributed by atoms with van der Waals surface area (Å²) in [5.41, 5.74) is 0.0183. The van der Waals surface area contributed by atoms with Gasteiger partial charge in [0.05, 0.1) is 18.6 Å². The predicted octanol–water partition coefficient (Wildman–Crippen LogP) is 2.10. The van der Waals surface area contributed by atoms with Crippen molar-refractivity contribution in [1.29, 1.82) is 0 Å². The van der Waals surface area contributed by atoms with Gasteiger partial charge < -0.3 is 9.47 Å². The van der Waals surface area contributed by atoms with Crippen molar-refractivity contribution in [2.45, 2.75) is 32.1 Å². The van der Waals surface area contributed by atoms with Gasteiger partial charge in [0.2, 0.25) is 0 Å². The van der Waals surface area contributed by atoms with Crippen molar-refractivity contribution < 1.29 is 9.47 Å². The highest BCUT2D eigenvalue weighted by atomic mass is 32.1. The van der Waals surface area contributed by atoms with Crippen molar-refractivity contribution in [3.05, 3.63) is 0 Å². The summed E-state index contributed by atoms with van der Waals surface area (Å²) in [6.45, 7) is 6.23. The zero-order valence-corrected chi connectivity index (χ0v) is 8.27. The van der Waals surface area contributed by atoms with Gasteiger partial charge in [-0.2, -0.15) is 0 Å². The molecule has 68 valence electrons. The molecule has 0 saturated carbocycles. The quantitative estimate of drug-likeness (QED) is 0.365. The SMILES string of the molecule is CCCCOCCOC(C)S. The topological polar surface area (TPSA) is 18.5 Å². The van der Waals surface area contributed by atoms with Crippen molar-refractivity contribution in [1.82, 2.24) is 0 Å². The molecular formula is C8H18O2S. The molecule has 0 aliphatic carbocycles. The normalized spacial score (nSPS) is 13.4. The lowest BCUT2D eigenvalue weighted by molar-refractivity contribution is 0.0421. The summed E-state index contributed by atoms with van der Waals surface area (Å²) in [6, 6.07) is 0. The van der Waals surface area contributed by atoms with Gasteiger partial charge in [-0.25, -0.2) is 0 Å². The largest absolute Gasteiger partial charge is 0.379 e. The zero-order chi connectivity index (χ0) is 8.53. The molecule has 0 aromatic rings. The molecule has 11 heavy (non-hydrogen) atoms. The van der Waals surface area contributed by atoms with Crippen molar-refractivity contribution in [3.8, 4) is 0 Å². The standard InChI is InChI=1S/C8H18O2S/c1-3-4-5-9-6-7-10-8(2)11/h8,11H,3-7H2,1-2H3. The highest BCUT2D eigenvalue weighted by molar-refractivity contribution is 7.80. The molecule has 0 aliphatic heterocycles. The minimum absolute atomic E-state index is 0.0183. The average Bonchev–Trinajstić information content (AvgIpc) is 1.96. The van der Waals surface area contributed by atoms with Crippen LogP contribution in [0.5, 0.6) is 0 Å². The van der Waals surface area contributed by atoms with Crippen LogP contribution in [0.15, 0.2) is 0 Å². The Morgan fingerprint density at radius 3 is 2.55 bits per heavy atom. The lowest BCUT2D eigenvalue weighted by atomic mass is 10.4. The fourth-order valence-corrected chi connectivity index (χ4v) is 0.731. The number of hydrogen-bond acceptors (Lipinski definition) is 3. The van der Waals surface area contributed by atoms with Crippen LogP contribution in [0.4, 0.5) is 0 Å². The Labute approximate surface area is 74.7 Å². The number of ether oxygens (including phenoxy) is 2. The molecule has 1 atom stereocenters. The van der Waals surface area contributed by atoms with E-state index < -0.39 is 0 Å². The van der Waals surface area contributed by atoms with E-state index in [1.54, 1.807) is 0 Å². The highest BCUT2D eigenvalue weighted by Crippen LogP contribution is 1.94. The molecule has 0 fully saturated rings. The molecule has 0 saturated heterocycles. The molecule has 0 rings (SSSR count). The van der Waals surface area contributed by atoms with Gasteiger partial charge in [0.25, 0.3) is 0 Å². The molecule has 0 heterocycles. The van der Waals surface area contributed by atoms with Gasteiger partial charge in [-0.15, -0.1) is 12.6 Å². The molecule has 0 bridgehead atoms. The van der Waals surface area contributed by atoms with Crippen molar-refractivity contribution in [2.75, 3.05) is 19.8 Å². The summed E-state index contributed by atoms with van der Waals surface area (Å²) in [4.78, 5) is 0. The van der Waals surface area contributed by atoms with E-state index in [9.17, 15) is 0 Å². The Morgan fingerprint density at radius 2 is 2.00 bits per heavy atom. The first-order valence-corrected chi connectivity index (χ1v) is 4.66. The van der Waals surface area contributed by atoms with E-state index in [0.29, 0.717) is 13.2 Å². The number of thiol groups is 1. The molecule has 0 amide bonds.